The highest BCUT2D eigenvalue weighted by Crippen LogP contribution is 2.55. The van der Waals surface area contributed by atoms with Gasteiger partial charge in [0.1, 0.15) is 11.6 Å². The predicted octanol–water partition coefficient (Wildman–Crippen LogP) is 3.29. The SMILES string of the molecule is COCCn1c(C)cc(/C=C(\C#N)C(=O)OCC(=O)NC23CC4CC(CC(C4)C2)C3)c1C. The molecule has 4 bridgehead atoms. The van der Waals surface area contributed by atoms with E-state index in [1.165, 1.54) is 25.3 Å². The van der Waals surface area contributed by atoms with Crippen LogP contribution in [-0.4, -0.2) is 42.3 Å². The molecule has 1 aromatic rings. The van der Waals surface area contributed by atoms with Gasteiger partial charge in [-0.1, -0.05) is 0 Å². The molecule has 4 fully saturated rings. The van der Waals surface area contributed by atoms with E-state index < -0.39 is 5.97 Å². The van der Waals surface area contributed by atoms with Gasteiger partial charge >= 0.3 is 5.97 Å². The molecule has 1 aromatic heterocycles. The summed E-state index contributed by atoms with van der Waals surface area (Å²) in [7, 11) is 1.65. The van der Waals surface area contributed by atoms with Crippen molar-refractivity contribution in [3.05, 3.63) is 28.6 Å². The number of hydrogen-bond acceptors (Lipinski definition) is 5. The molecule has 0 unspecified atom stereocenters. The molecule has 0 spiro atoms. The maximum atomic E-state index is 12.6. The van der Waals surface area contributed by atoms with Crippen molar-refractivity contribution in [3.8, 4) is 6.07 Å². The summed E-state index contributed by atoms with van der Waals surface area (Å²) >= 11 is 0. The van der Waals surface area contributed by atoms with Crippen LogP contribution in [-0.2, 0) is 25.6 Å². The van der Waals surface area contributed by atoms with Gasteiger partial charge in [-0.2, -0.15) is 5.26 Å². The van der Waals surface area contributed by atoms with Gasteiger partial charge in [0.25, 0.3) is 5.91 Å². The number of esters is 1. The molecule has 1 heterocycles. The van der Waals surface area contributed by atoms with Crippen molar-refractivity contribution >= 4 is 18.0 Å². The molecule has 1 N–H and O–H groups in total. The lowest BCUT2D eigenvalue weighted by molar-refractivity contribution is -0.146. The molecular weight excluding hydrogens is 406 g/mol. The number of carbonyl (C=O) groups excluding carboxylic acids is 2. The van der Waals surface area contributed by atoms with Crippen molar-refractivity contribution in [1.29, 1.82) is 5.26 Å². The minimum absolute atomic E-state index is 0.111. The quantitative estimate of drug-likeness (QED) is 0.381. The predicted molar refractivity (Wildman–Crippen MR) is 119 cm³/mol. The van der Waals surface area contributed by atoms with Crippen LogP contribution in [0.2, 0.25) is 0 Å². The summed E-state index contributed by atoms with van der Waals surface area (Å²) in [5.74, 6) is 1.13. The average molecular weight is 440 g/mol. The Balaban J connectivity index is 1.36. The van der Waals surface area contributed by atoms with Crippen LogP contribution in [0.1, 0.15) is 55.5 Å². The normalized spacial score (nSPS) is 28.4. The fraction of sp³-hybridized carbons (Fsp3) is 0.640. The first-order chi connectivity index (χ1) is 15.3. The molecule has 4 aliphatic carbocycles. The van der Waals surface area contributed by atoms with Gasteiger partial charge in [-0.25, -0.2) is 4.79 Å². The fourth-order valence-electron chi connectivity index (χ4n) is 6.60. The number of aromatic nitrogens is 1. The second-order valence-corrected chi connectivity index (χ2v) is 9.96. The lowest BCUT2D eigenvalue weighted by Crippen LogP contribution is -2.60. The Kier molecular flexibility index (Phi) is 6.43. The van der Waals surface area contributed by atoms with Crippen molar-refractivity contribution in [3.63, 3.8) is 0 Å². The number of nitrogens with one attached hydrogen (secondary N) is 1. The highest BCUT2D eigenvalue weighted by molar-refractivity contribution is 5.99. The Morgan fingerprint density at radius 3 is 2.41 bits per heavy atom. The van der Waals surface area contributed by atoms with Gasteiger partial charge in [-0.15, -0.1) is 0 Å². The van der Waals surface area contributed by atoms with E-state index in [1.54, 1.807) is 7.11 Å². The van der Waals surface area contributed by atoms with Crippen LogP contribution in [0.3, 0.4) is 0 Å². The summed E-state index contributed by atoms with van der Waals surface area (Å²) in [4.78, 5) is 25.1. The van der Waals surface area contributed by atoms with Gasteiger partial charge in [0, 0.05) is 30.6 Å². The fourth-order valence-corrected chi connectivity index (χ4v) is 6.60. The van der Waals surface area contributed by atoms with Crippen LogP contribution < -0.4 is 5.32 Å². The summed E-state index contributed by atoms with van der Waals surface area (Å²) in [6.07, 6.45) is 8.55. The maximum absolute atomic E-state index is 12.6. The third kappa shape index (κ3) is 4.61. The first kappa shape index (κ1) is 22.6. The van der Waals surface area contributed by atoms with Crippen LogP contribution in [0.25, 0.3) is 6.08 Å². The van der Waals surface area contributed by atoms with E-state index in [9.17, 15) is 14.9 Å². The van der Waals surface area contributed by atoms with E-state index >= 15 is 0 Å². The molecule has 32 heavy (non-hydrogen) atoms. The first-order valence-corrected chi connectivity index (χ1v) is 11.6. The average Bonchev–Trinajstić information content (AvgIpc) is 2.99. The molecule has 5 rings (SSSR count). The maximum Gasteiger partial charge on any atom is 0.349 e. The molecule has 7 heteroatoms. The molecule has 0 aromatic carbocycles. The van der Waals surface area contributed by atoms with Crippen molar-refractivity contribution in [2.24, 2.45) is 17.8 Å². The Morgan fingerprint density at radius 1 is 1.22 bits per heavy atom. The summed E-state index contributed by atoms with van der Waals surface area (Å²) in [5, 5.41) is 12.7. The van der Waals surface area contributed by atoms with E-state index in [0.29, 0.717) is 13.2 Å². The molecule has 7 nitrogen and oxygen atoms in total. The molecule has 172 valence electrons. The number of nitriles is 1. The Labute approximate surface area is 189 Å². The van der Waals surface area contributed by atoms with E-state index in [0.717, 1.165) is 54.0 Å². The number of amides is 1. The van der Waals surface area contributed by atoms with Crippen LogP contribution in [0.5, 0.6) is 0 Å². The van der Waals surface area contributed by atoms with E-state index in [1.807, 2.05) is 26.0 Å². The number of hydrogen-bond donors (Lipinski definition) is 1. The van der Waals surface area contributed by atoms with E-state index in [4.69, 9.17) is 9.47 Å². The molecule has 0 atom stereocenters. The largest absolute Gasteiger partial charge is 0.451 e. The van der Waals surface area contributed by atoms with Crippen LogP contribution in [0.15, 0.2) is 11.6 Å². The summed E-state index contributed by atoms with van der Waals surface area (Å²) in [5.41, 5.74) is 2.52. The smallest absolute Gasteiger partial charge is 0.349 e. The van der Waals surface area contributed by atoms with Crippen molar-refractivity contribution < 1.29 is 19.1 Å². The molecule has 4 aliphatic rings. The summed E-state index contributed by atoms with van der Waals surface area (Å²) < 4.78 is 12.4. The van der Waals surface area contributed by atoms with Gasteiger partial charge in [-0.05, 0) is 87.8 Å². The van der Waals surface area contributed by atoms with Crippen molar-refractivity contribution in [2.75, 3.05) is 20.3 Å². The standard InChI is InChI=1S/C25H33N3O4/c1-16-6-21(17(2)28(16)4-5-31-3)10-22(14-26)24(30)32-15-23(29)27-25-11-18-7-19(12-25)9-20(8-18)13-25/h6,10,18-20H,4-5,7-9,11-13,15H2,1-3H3,(H,27,29)/b22-10+. The monoisotopic (exact) mass is 439 g/mol. The van der Waals surface area contributed by atoms with Gasteiger partial charge in [0.15, 0.2) is 6.61 Å². The van der Waals surface area contributed by atoms with E-state index in [-0.39, 0.29) is 23.6 Å². The molecule has 4 saturated carbocycles. The minimum atomic E-state index is -0.769. The van der Waals surface area contributed by atoms with Gasteiger partial charge in [0.05, 0.1) is 6.61 Å². The Bertz CT molecular complexity index is 933. The lowest BCUT2D eigenvalue weighted by atomic mass is 9.53. The number of ether oxygens (including phenoxy) is 2. The molecule has 1 amide bonds. The second-order valence-electron chi connectivity index (χ2n) is 9.96. The second kappa shape index (κ2) is 9.11. The third-order valence-electron chi connectivity index (χ3n) is 7.55. The Morgan fingerprint density at radius 2 is 1.84 bits per heavy atom. The highest BCUT2D eigenvalue weighted by Gasteiger charge is 2.51. The molecule has 0 aliphatic heterocycles. The number of aryl methyl sites for hydroxylation is 1. The Hall–Kier alpha value is -2.59. The molecular formula is C25H33N3O4. The van der Waals surface area contributed by atoms with E-state index in [2.05, 4.69) is 9.88 Å². The number of rotatable bonds is 8. The lowest BCUT2D eigenvalue weighted by Gasteiger charge is -2.56. The topological polar surface area (TPSA) is 93.3 Å². The number of nitrogens with zero attached hydrogens (tertiary/aromatic N) is 2. The van der Waals surface area contributed by atoms with Crippen molar-refractivity contribution in [1.82, 2.24) is 9.88 Å². The molecule has 0 saturated heterocycles. The zero-order chi connectivity index (χ0) is 22.9. The number of methoxy groups -OCH3 is 1. The summed E-state index contributed by atoms with van der Waals surface area (Å²) in [6, 6.07) is 3.85. The zero-order valence-corrected chi connectivity index (χ0v) is 19.3. The first-order valence-electron chi connectivity index (χ1n) is 11.6. The minimum Gasteiger partial charge on any atom is -0.451 e. The van der Waals surface area contributed by atoms with Gasteiger partial charge in [-0.3, -0.25) is 4.79 Å². The van der Waals surface area contributed by atoms with Crippen molar-refractivity contribution in [2.45, 2.75) is 64.5 Å². The zero-order valence-electron chi connectivity index (χ0n) is 19.3. The van der Waals surface area contributed by atoms with Crippen LogP contribution >= 0.6 is 0 Å². The number of carbonyl (C=O) groups is 2. The van der Waals surface area contributed by atoms with Crippen LogP contribution in [0, 0.1) is 42.9 Å². The third-order valence-corrected chi connectivity index (χ3v) is 7.55. The van der Waals surface area contributed by atoms with Gasteiger partial charge < -0.3 is 19.4 Å². The summed E-state index contributed by atoms with van der Waals surface area (Å²) in [6.45, 7) is 4.82. The highest BCUT2D eigenvalue weighted by atomic mass is 16.5. The molecule has 0 radical (unpaired) electrons. The van der Waals surface area contributed by atoms with Gasteiger partial charge in [0.2, 0.25) is 0 Å². The van der Waals surface area contributed by atoms with Crippen LogP contribution in [0.4, 0.5) is 0 Å².